The van der Waals surface area contributed by atoms with Crippen molar-refractivity contribution in [3.8, 4) is 6.07 Å². The molecule has 74 valence electrons. The summed E-state index contributed by atoms with van der Waals surface area (Å²) in [7, 11) is 0. The Hall–Kier alpha value is -1.15. The Morgan fingerprint density at radius 2 is 2.00 bits per heavy atom. The Bertz CT molecular complexity index is 379. The molecule has 0 N–H and O–H groups in total. The zero-order valence-electron chi connectivity index (χ0n) is 7.22. The highest BCUT2D eigenvalue weighted by Crippen LogP contribution is 2.32. The van der Waals surface area contributed by atoms with Gasteiger partial charge in [-0.05, 0) is 24.5 Å². The fraction of sp³-hybridized carbons (Fsp3) is 0.222. The number of nitrogens with zero attached hydrogens (tertiary/aromatic N) is 1. The maximum absolute atomic E-state index is 12.2. The van der Waals surface area contributed by atoms with E-state index in [9.17, 15) is 13.2 Å². The molecule has 0 radical (unpaired) electrons. The van der Waals surface area contributed by atoms with Crippen LogP contribution in [0.5, 0.6) is 0 Å². The molecule has 0 amide bonds. The monoisotopic (exact) mass is 217 g/mol. The number of alkyl halides is 3. The minimum absolute atomic E-state index is 0.0623. The molecule has 1 rings (SSSR count). The Balaban J connectivity index is 3.23. The van der Waals surface area contributed by atoms with E-state index in [4.69, 9.17) is 5.26 Å². The first-order chi connectivity index (χ1) is 6.49. The summed E-state index contributed by atoms with van der Waals surface area (Å²) in [6.45, 7) is 0. The van der Waals surface area contributed by atoms with E-state index in [0.29, 0.717) is 4.90 Å². The second-order valence-corrected chi connectivity index (χ2v) is 3.37. The van der Waals surface area contributed by atoms with Crippen molar-refractivity contribution < 1.29 is 13.2 Å². The molecule has 0 spiro atoms. The molecular formula is C9H6F3NS. The lowest BCUT2D eigenvalue weighted by Crippen LogP contribution is -2.05. The van der Waals surface area contributed by atoms with Gasteiger partial charge < -0.3 is 0 Å². The van der Waals surface area contributed by atoms with Gasteiger partial charge in [-0.2, -0.15) is 18.4 Å². The van der Waals surface area contributed by atoms with Crippen LogP contribution in [0.4, 0.5) is 13.2 Å². The molecule has 0 atom stereocenters. The van der Waals surface area contributed by atoms with Crippen LogP contribution in [0.3, 0.4) is 0 Å². The van der Waals surface area contributed by atoms with Gasteiger partial charge >= 0.3 is 6.18 Å². The highest BCUT2D eigenvalue weighted by atomic mass is 32.2. The molecule has 0 heterocycles. The van der Waals surface area contributed by atoms with Crippen molar-refractivity contribution in [2.45, 2.75) is 11.1 Å². The van der Waals surface area contributed by atoms with Gasteiger partial charge in [0.2, 0.25) is 0 Å². The van der Waals surface area contributed by atoms with E-state index in [1.54, 1.807) is 12.3 Å². The van der Waals surface area contributed by atoms with Crippen LogP contribution in [0.15, 0.2) is 23.1 Å². The normalized spacial score (nSPS) is 11.1. The Labute approximate surface area is 83.5 Å². The van der Waals surface area contributed by atoms with E-state index < -0.39 is 11.7 Å². The van der Waals surface area contributed by atoms with E-state index in [-0.39, 0.29) is 5.56 Å². The second-order valence-electron chi connectivity index (χ2n) is 2.52. The third-order valence-electron chi connectivity index (χ3n) is 1.65. The first-order valence-electron chi connectivity index (χ1n) is 3.64. The average Bonchev–Trinajstić information content (AvgIpc) is 2.15. The fourth-order valence-corrected chi connectivity index (χ4v) is 1.50. The van der Waals surface area contributed by atoms with Crippen LogP contribution in [0.2, 0.25) is 0 Å². The quantitative estimate of drug-likeness (QED) is 0.674. The molecule has 0 unspecified atom stereocenters. The SMILES string of the molecule is CSc1ccc(C(F)(F)F)cc1C#N. The van der Waals surface area contributed by atoms with Gasteiger partial charge in [-0.3, -0.25) is 0 Å². The third-order valence-corrected chi connectivity index (χ3v) is 2.44. The van der Waals surface area contributed by atoms with Gasteiger partial charge in [-0.25, -0.2) is 0 Å². The van der Waals surface area contributed by atoms with Crippen LogP contribution >= 0.6 is 11.8 Å². The third kappa shape index (κ3) is 2.20. The maximum Gasteiger partial charge on any atom is 0.416 e. The number of thioether (sulfide) groups is 1. The second kappa shape index (κ2) is 3.93. The van der Waals surface area contributed by atoms with E-state index >= 15 is 0 Å². The minimum Gasteiger partial charge on any atom is -0.192 e. The standard InChI is InChI=1S/C9H6F3NS/c1-14-8-3-2-7(9(10,11)12)4-6(8)5-13/h2-4H,1H3. The molecule has 0 fully saturated rings. The number of halogens is 3. The molecule has 1 aromatic rings. The van der Waals surface area contributed by atoms with Gasteiger partial charge in [0, 0.05) is 4.90 Å². The first-order valence-corrected chi connectivity index (χ1v) is 4.87. The molecule has 0 saturated carbocycles. The van der Waals surface area contributed by atoms with E-state index in [1.807, 2.05) is 0 Å². The molecule has 1 nitrogen and oxygen atoms in total. The Morgan fingerprint density at radius 3 is 2.43 bits per heavy atom. The van der Waals surface area contributed by atoms with Crippen molar-refractivity contribution >= 4 is 11.8 Å². The van der Waals surface area contributed by atoms with Crippen LogP contribution in [0.1, 0.15) is 11.1 Å². The summed E-state index contributed by atoms with van der Waals surface area (Å²) >= 11 is 1.25. The van der Waals surface area contributed by atoms with Crippen LogP contribution in [0.25, 0.3) is 0 Å². The Kier molecular flexibility index (Phi) is 3.06. The van der Waals surface area contributed by atoms with Crippen LogP contribution in [-0.4, -0.2) is 6.26 Å². The van der Waals surface area contributed by atoms with E-state index in [0.717, 1.165) is 12.1 Å². The van der Waals surface area contributed by atoms with E-state index in [1.165, 1.54) is 17.8 Å². The molecule has 0 aliphatic heterocycles. The molecule has 0 aliphatic rings. The zero-order valence-corrected chi connectivity index (χ0v) is 8.04. The van der Waals surface area contributed by atoms with Gasteiger partial charge in [0.1, 0.15) is 6.07 Å². The number of rotatable bonds is 1. The van der Waals surface area contributed by atoms with Crippen molar-refractivity contribution in [3.05, 3.63) is 29.3 Å². The molecule has 5 heteroatoms. The lowest BCUT2D eigenvalue weighted by atomic mass is 10.1. The zero-order chi connectivity index (χ0) is 10.8. The molecule has 0 saturated heterocycles. The minimum atomic E-state index is -4.39. The summed E-state index contributed by atoms with van der Waals surface area (Å²) in [5, 5.41) is 8.61. The van der Waals surface area contributed by atoms with Crippen LogP contribution in [-0.2, 0) is 6.18 Å². The average molecular weight is 217 g/mol. The highest BCUT2D eigenvalue weighted by Gasteiger charge is 2.30. The van der Waals surface area contributed by atoms with Crippen LogP contribution in [0, 0.1) is 11.3 Å². The summed E-state index contributed by atoms with van der Waals surface area (Å²) < 4.78 is 36.7. The van der Waals surface area contributed by atoms with Gasteiger partial charge in [0.25, 0.3) is 0 Å². The fourth-order valence-electron chi connectivity index (χ4n) is 0.972. The molecule has 1 aromatic carbocycles. The smallest absolute Gasteiger partial charge is 0.192 e. The molecule has 0 bridgehead atoms. The maximum atomic E-state index is 12.2. The van der Waals surface area contributed by atoms with E-state index in [2.05, 4.69) is 0 Å². The predicted molar refractivity (Wildman–Crippen MR) is 47.9 cm³/mol. The van der Waals surface area contributed by atoms with Crippen molar-refractivity contribution in [2.75, 3.05) is 6.26 Å². The predicted octanol–water partition coefficient (Wildman–Crippen LogP) is 3.30. The van der Waals surface area contributed by atoms with Crippen molar-refractivity contribution in [1.29, 1.82) is 5.26 Å². The topological polar surface area (TPSA) is 23.8 Å². The largest absolute Gasteiger partial charge is 0.416 e. The summed E-state index contributed by atoms with van der Waals surface area (Å²) in [6.07, 6.45) is -2.67. The molecule has 0 aliphatic carbocycles. The number of nitriles is 1. The number of hydrogen-bond donors (Lipinski definition) is 0. The molecule has 0 aromatic heterocycles. The van der Waals surface area contributed by atoms with Crippen molar-refractivity contribution in [2.24, 2.45) is 0 Å². The van der Waals surface area contributed by atoms with Crippen molar-refractivity contribution in [1.82, 2.24) is 0 Å². The van der Waals surface area contributed by atoms with Crippen LogP contribution < -0.4 is 0 Å². The Morgan fingerprint density at radius 1 is 1.36 bits per heavy atom. The van der Waals surface area contributed by atoms with Gasteiger partial charge in [-0.1, -0.05) is 0 Å². The summed E-state index contributed by atoms with van der Waals surface area (Å²) in [4.78, 5) is 0.556. The van der Waals surface area contributed by atoms with Crippen molar-refractivity contribution in [3.63, 3.8) is 0 Å². The molecular weight excluding hydrogens is 211 g/mol. The lowest BCUT2D eigenvalue weighted by Gasteiger charge is -2.07. The lowest BCUT2D eigenvalue weighted by molar-refractivity contribution is -0.137. The summed E-state index contributed by atoms with van der Waals surface area (Å²) in [6, 6.07) is 4.90. The molecule has 14 heavy (non-hydrogen) atoms. The summed E-state index contributed by atoms with van der Waals surface area (Å²) in [5.41, 5.74) is -0.723. The number of benzene rings is 1. The van der Waals surface area contributed by atoms with Gasteiger partial charge in [-0.15, -0.1) is 11.8 Å². The first kappa shape index (κ1) is 10.9. The number of hydrogen-bond acceptors (Lipinski definition) is 2. The van der Waals surface area contributed by atoms with Gasteiger partial charge in [0.05, 0.1) is 11.1 Å². The van der Waals surface area contributed by atoms with Gasteiger partial charge in [0.15, 0.2) is 0 Å². The summed E-state index contributed by atoms with van der Waals surface area (Å²) in [5.74, 6) is 0. The highest BCUT2D eigenvalue weighted by molar-refractivity contribution is 7.98.